The van der Waals surface area contributed by atoms with E-state index in [1.54, 1.807) is 5.01 Å². The molecule has 1 unspecified atom stereocenters. The average molecular weight is 330 g/mol. The summed E-state index contributed by atoms with van der Waals surface area (Å²) >= 11 is 11.5. The Labute approximate surface area is 140 Å². The summed E-state index contributed by atoms with van der Waals surface area (Å²) in [4.78, 5) is 0. The van der Waals surface area contributed by atoms with Crippen LogP contribution in [0.2, 0.25) is 5.02 Å². The summed E-state index contributed by atoms with van der Waals surface area (Å²) in [5.41, 5.74) is 10.1. The minimum absolute atomic E-state index is 0.0532. The van der Waals surface area contributed by atoms with E-state index in [2.05, 4.69) is 36.3 Å². The molecule has 0 bridgehead atoms. The Balaban J connectivity index is 1.96. The Kier molecular flexibility index (Phi) is 4.14. The molecule has 0 spiro atoms. The molecule has 3 rings (SSSR count). The minimum Gasteiger partial charge on any atom is -0.375 e. The van der Waals surface area contributed by atoms with Crippen molar-refractivity contribution < 1.29 is 0 Å². The molecule has 1 heterocycles. The molecule has 2 aromatic rings. The van der Waals surface area contributed by atoms with Crippen LogP contribution in [0, 0.1) is 6.92 Å². The van der Waals surface area contributed by atoms with Crippen LogP contribution in [0.4, 0.5) is 0 Å². The van der Waals surface area contributed by atoms with Crippen LogP contribution in [0.15, 0.2) is 53.6 Å². The number of benzene rings is 2. The first-order chi connectivity index (χ1) is 10.6. The van der Waals surface area contributed by atoms with E-state index in [9.17, 15) is 0 Å². The molecule has 0 saturated heterocycles. The number of hydrazone groups is 1. The van der Waals surface area contributed by atoms with E-state index >= 15 is 0 Å². The summed E-state index contributed by atoms with van der Waals surface area (Å²) in [6.45, 7) is 2.06. The Bertz CT molecular complexity index is 740. The molecule has 2 N–H and O–H groups in total. The van der Waals surface area contributed by atoms with Gasteiger partial charge in [-0.3, -0.25) is 0 Å². The zero-order chi connectivity index (χ0) is 15.7. The monoisotopic (exact) mass is 329 g/mol. The van der Waals surface area contributed by atoms with Gasteiger partial charge in [0, 0.05) is 11.4 Å². The van der Waals surface area contributed by atoms with Gasteiger partial charge in [0.15, 0.2) is 5.11 Å². The molecule has 22 heavy (non-hydrogen) atoms. The predicted octanol–water partition coefficient (Wildman–Crippen LogP) is 4.04. The molecule has 1 atom stereocenters. The highest BCUT2D eigenvalue weighted by atomic mass is 35.5. The maximum absolute atomic E-state index is 6.33. The smallest absolute Gasteiger partial charge is 0.187 e. The lowest BCUT2D eigenvalue weighted by Gasteiger charge is -2.22. The molecule has 0 saturated carbocycles. The van der Waals surface area contributed by atoms with Gasteiger partial charge in [-0.2, -0.15) is 5.10 Å². The second-order valence-corrected chi connectivity index (χ2v) is 6.16. The molecule has 0 amide bonds. The Morgan fingerprint density at radius 2 is 1.91 bits per heavy atom. The van der Waals surface area contributed by atoms with Crippen molar-refractivity contribution in [3.8, 4) is 0 Å². The second-order valence-electron chi connectivity index (χ2n) is 5.34. The van der Waals surface area contributed by atoms with E-state index in [1.807, 2.05) is 24.3 Å². The van der Waals surface area contributed by atoms with Gasteiger partial charge in [-0.25, -0.2) is 5.01 Å². The normalized spacial score (nSPS) is 17.5. The Morgan fingerprint density at radius 1 is 1.23 bits per heavy atom. The van der Waals surface area contributed by atoms with Crippen LogP contribution in [-0.4, -0.2) is 15.8 Å². The summed E-state index contributed by atoms with van der Waals surface area (Å²) in [6, 6.07) is 16.0. The van der Waals surface area contributed by atoms with Crippen molar-refractivity contribution in [3.05, 3.63) is 70.2 Å². The fourth-order valence-corrected chi connectivity index (χ4v) is 3.05. The fourth-order valence-electron chi connectivity index (χ4n) is 2.62. The maximum atomic E-state index is 6.33. The molecule has 3 nitrogen and oxygen atoms in total. The number of hydrogen-bond acceptors (Lipinski definition) is 2. The number of halogens is 1. The first-order valence-corrected chi connectivity index (χ1v) is 7.82. The van der Waals surface area contributed by atoms with Gasteiger partial charge in [-0.15, -0.1) is 0 Å². The summed E-state index contributed by atoms with van der Waals surface area (Å²) in [5, 5.41) is 7.26. The highest BCUT2D eigenvalue weighted by molar-refractivity contribution is 7.80. The van der Waals surface area contributed by atoms with Crippen LogP contribution < -0.4 is 5.73 Å². The lowest BCUT2D eigenvalue weighted by Crippen LogP contribution is -2.31. The summed E-state index contributed by atoms with van der Waals surface area (Å²) in [5.74, 6) is 0. The highest BCUT2D eigenvalue weighted by Gasteiger charge is 2.31. The van der Waals surface area contributed by atoms with E-state index in [1.165, 1.54) is 5.56 Å². The molecule has 0 aliphatic carbocycles. The van der Waals surface area contributed by atoms with Gasteiger partial charge in [0.05, 0.1) is 11.8 Å². The molecular formula is C17H16ClN3S. The topological polar surface area (TPSA) is 41.6 Å². The number of hydrogen-bond donors (Lipinski definition) is 1. The molecule has 2 aromatic carbocycles. The van der Waals surface area contributed by atoms with Crippen molar-refractivity contribution in [1.82, 2.24) is 5.01 Å². The number of nitrogens with zero attached hydrogens (tertiary/aromatic N) is 2. The van der Waals surface area contributed by atoms with E-state index in [4.69, 9.17) is 29.6 Å². The Morgan fingerprint density at radius 3 is 2.55 bits per heavy atom. The fraction of sp³-hybridized carbons (Fsp3) is 0.176. The Hall–Kier alpha value is -1.91. The number of thiocarbonyl (C=S) groups is 1. The minimum atomic E-state index is -0.0532. The lowest BCUT2D eigenvalue weighted by atomic mass is 9.98. The molecule has 5 heteroatoms. The van der Waals surface area contributed by atoms with Crippen molar-refractivity contribution in [2.75, 3.05) is 0 Å². The van der Waals surface area contributed by atoms with Crippen LogP contribution >= 0.6 is 23.8 Å². The highest BCUT2D eigenvalue weighted by Crippen LogP contribution is 2.35. The largest absolute Gasteiger partial charge is 0.375 e. The first kappa shape index (κ1) is 15.0. The predicted molar refractivity (Wildman–Crippen MR) is 95.2 cm³/mol. The van der Waals surface area contributed by atoms with Gasteiger partial charge in [-0.1, -0.05) is 59.6 Å². The average Bonchev–Trinajstić information content (AvgIpc) is 2.93. The second kappa shape index (κ2) is 6.07. The van der Waals surface area contributed by atoms with Crippen LogP contribution in [0.5, 0.6) is 0 Å². The molecule has 0 radical (unpaired) electrons. The summed E-state index contributed by atoms with van der Waals surface area (Å²) in [6.07, 6.45) is 0.726. The van der Waals surface area contributed by atoms with Gasteiger partial charge in [-0.05, 0) is 36.3 Å². The van der Waals surface area contributed by atoms with Crippen molar-refractivity contribution >= 4 is 34.6 Å². The lowest BCUT2D eigenvalue weighted by molar-refractivity contribution is 0.373. The summed E-state index contributed by atoms with van der Waals surface area (Å²) < 4.78 is 0. The standard InChI is InChI=1S/C17H16ClN3S/c1-11-6-8-12(9-7-11)15-10-16(21(20-15)17(19)22)13-4-2-3-5-14(13)18/h2-9,16H,10H2,1H3,(H2,19,22). The molecule has 0 aromatic heterocycles. The molecular weight excluding hydrogens is 314 g/mol. The molecule has 112 valence electrons. The van der Waals surface area contributed by atoms with Crippen molar-refractivity contribution in [2.45, 2.75) is 19.4 Å². The third kappa shape index (κ3) is 2.85. The van der Waals surface area contributed by atoms with Gasteiger partial charge in [0.2, 0.25) is 0 Å². The van der Waals surface area contributed by atoms with E-state index in [-0.39, 0.29) is 11.2 Å². The van der Waals surface area contributed by atoms with E-state index in [0.717, 1.165) is 23.3 Å². The van der Waals surface area contributed by atoms with E-state index in [0.29, 0.717) is 5.02 Å². The van der Waals surface area contributed by atoms with Gasteiger partial charge >= 0.3 is 0 Å². The van der Waals surface area contributed by atoms with Gasteiger partial charge < -0.3 is 5.73 Å². The number of aryl methyl sites for hydroxylation is 1. The van der Waals surface area contributed by atoms with Crippen molar-refractivity contribution in [2.24, 2.45) is 10.8 Å². The maximum Gasteiger partial charge on any atom is 0.187 e. The van der Waals surface area contributed by atoms with Crippen LogP contribution in [0.3, 0.4) is 0 Å². The molecule has 1 aliphatic rings. The molecule has 1 aliphatic heterocycles. The van der Waals surface area contributed by atoms with Gasteiger partial charge in [0.1, 0.15) is 0 Å². The van der Waals surface area contributed by atoms with Crippen LogP contribution in [-0.2, 0) is 0 Å². The number of nitrogens with two attached hydrogens (primary N) is 1. The molecule has 0 fully saturated rings. The van der Waals surface area contributed by atoms with Crippen molar-refractivity contribution in [3.63, 3.8) is 0 Å². The first-order valence-electron chi connectivity index (χ1n) is 7.04. The van der Waals surface area contributed by atoms with Crippen molar-refractivity contribution in [1.29, 1.82) is 0 Å². The third-order valence-electron chi connectivity index (χ3n) is 3.79. The SMILES string of the molecule is Cc1ccc(C2=NN(C(N)=S)C(c3ccccc3Cl)C2)cc1. The zero-order valence-corrected chi connectivity index (χ0v) is 13.7. The summed E-state index contributed by atoms with van der Waals surface area (Å²) in [7, 11) is 0. The zero-order valence-electron chi connectivity index (χ0n) is 12.2. The number of rotatable bonds is 2. The quantitative estimate of drug-likeness (QED) is 0.845. The third-order valence-corrected chi connectivity index (χ3v) is 4.32. The van der Waals surface area contributed by atoms with Gasteiger partial charge in [0.25, 0.3) is 0 Å². The van der Waals surface area contributed by atoms with Crippen LogP contribution in [0.25, 0.3) is 0 Å². The van der Waals surface area contributed by atoms with E-state index < -0.39 is 0 Å². The van der Waals surface area contributed by atoms with Crippen LogP contribution in [0.1, 0.15) is 29.2 Å².